The van der Waals surface area contributed by atoms with Crippen LogP contribution in [0.5, 0.6) is 0 Å². The van der Waals surface area contributed by atoms with Gasteiger partial charge in [-0.15, -0.1) is 0 Å². The van der Waals surface area contributed by atoms with Crippen molar-refractivity contribution in [3.05, 3.63) is 24.3 Å². The molecule has 0 saturated carbocycles. The summed E-state index contributed by atoms with van der Waals surface area (Å²) in [4.78, 5) is 12.7. The molecule has 8 heteroatoms. The van der Waals surface area contributed by atoms with E-state index in [1.54, 1.807) is 24.3 Å². The summed E-state index contributed by atoms with van der Waals surface area (Å²) in [6.45, 7) is 1.54. The van der Waals surface area contributed by atoms with Crippen LogP contribution in [0.3, 0.4) is 0 Å². The summed E-state index contributed by atoms with van der Waals surface area (Å²) in [6, 6.07) is 7.66. The highest BCUT2D eigenvalue weighted by Gasteiger charge is 2.34. The summed E-state index contributed by atoms with van der Waals surface area (Å²) in [5.41, 5.74) is 0.534. The number of nitrogens with zero attached hydrogens (tertiary/aromatic N) is 1. The lowest BCUT2D eigenvalue weighted by Gasteiger charge is -2.28. The lowest BCUT2D eigenvalue weighted by atomic mass is 9.89. The first-order valence-corrected chi connectivity index (χ1v) is 11.2. The summed E-state index contributed by atoms with van der Waals surface area (Å²) in [7, 11) is -3.56. The summed E-state index contributed by atoms with van der Waals surface area (Å²) in [5.74, 6) is 0.367. The second-order valence-electron chi connectivity index (χ2n) is 7.77. The highest BCUT2D eigenvalue weighted by Crippen LogP contribution is 2.33. The number of hydrogen-bond acceptors (Lipinski definition) is 5. The minimum atomic E-state index is -3.56. The summed E-state index contributed by atoms with van der Waals surface area (Å²) in [6.07, 6.45) is 5.02. The van der Waals surface area contributed by atoms with Crippen molar-refractivity contribution in [3.63, 3.8) is 0 Å². The lowest BCUT2D eigenvalue weighted by molar-refractivity contribution is -0.117. The molecule has 4 rings (SSSR count). The molecule has 3 fully saturated rings. The molecule has 0 aliphatic carbocycles. The van der Waals surface area contributed by atoms with Crippen LogP contribution in [0.1, 0.15) is 32.1 Å². The minimum Gasteiger partial charge on any atom is -0.379 e. The molecule has 3 aliphatic heterocycles. The van der Waals surface area contributed by atoms with Crippen molar-refractivity contribution in [1.29, 1.82) is 0 Å². The van der Waals surface area contributed by atoms with E-state index in [9.17, 15) is 13.2 Å². The molecule has 2 atom stereocenters. The van der Waals surface area contributed by atoms with Crippen LogP contribution >= 0.6 is 0 Å². The van der Waals surface area contributed by atoms with Crippen LogP contribution in [0.15, 0.2) is 29.2 Å². The Labute approximate surface area is 160 Å². The molecule has 1 aromatic carbocycles. The van der Waals surface area contributed by atoms with Gasteiger partial charge in [0.25, 0.3) is 0 Å². The van der Waals surface area contributed by atoms with Crippen molar-refractivity contribution < 1.29 is 17.9 Å². The van der Waals surface area contributed by atoms with Gasteiger partial charge in [-0.3, -0.25) is 4.79 Å². The third-order valence-electron chi connectivity index (χ3n) is 5.77. The molecular formula is C19H27N3O4S. The zero-order valence-corrected chi connectivity index (χ0v) is 16.2. The molecule has 1 amide bonds. The molecule has 2 bridgehead atoms. The zero-order valence-electron chi connectivity index (χ0n) is 15.4. The molecule has 7 nitrogen and oxygen atoms in total. The summed E-state index contributed by atoms with van der Waals surface area (Å²) < 4.78 is 32.2. The number of piperidine rings is 1. The Morgan fingerprint density at radius 3 is 2.59 bits per heavy atom. The SMILES string of the molecule is O=C(CC1CC2CCC(C1)N2)Nc1cccc(S(=O)(=O)N2CCOCC2)c1. The Bertz CT molecular complexity index is 780. The van der Waals surface area contributed by atoms with Crippen LogP contribution in [0, 0.1) is 5.92 Å². The normalized spacial score (nSPS) is 28.8. The fourth-order valence-corrected chi connectivity index (χ4v) is 5.94. The van der Waals surface area contributed by atoms with Crippen LogP contribution in [0.2, 0.25) is 0 Å². The molecule has 1 aromatic rings. The minimum absolute atomic E-state index is 0.0396. The first-order valence-electron chi connectivity index (χ1n) is 9.74. The maximum absolute atomic E-state index is 12.8. The van der Waals surface area contributed by atoms with Crippen molar-refractivity contribution in [3.8, 4) is 0 Å². The maximum atomic E-state index is 12.8. The number of nitrogens with one attached hydrogen (secondary N) is 2. The van der Waals surface area contributed by atoms with E-state index in [0.717, 1.165) is 12.8 Å². The Hall–Kier alpha value is -1.48. The van der Waals surface area contributed by atoms with Crippen molar-refractivity contribution in [2.75, 3.05) is 31.6 Å². The van der Waals surface area contributed by atoms with Crippen molar-refractivity contribution in [2.24, 2.45) is 5.92 Å². The first-order chi connectivity index (χ1) is 13.0. The molecule has 0 aromatic heterocycles. The average molecular weight is 394 g/mol. The molecule has 148 valence electrons. The smallest absolute Gasteiger partial charge is 0.243 e. The predicted octanol–water partition coefficient (Wildman–Crippen LogP) is 1.57. The number of anilines is 1. The van der Waals surface area contributed by atoms with Gasteiger partial charge in [0.15, 0.2) is 0 Å². The number of carbonyl (C=O) groups excluding carboxylic acids is 1. The van der Waals surface area contributed by atoms with Gasteiger partial charge < -0.3 is 15.4 Å². The number of rotatable bonds is 5. The van der Waals surface area contributed by atoms with Gasteiger partial charge in [-0.1, -0.05) is 6.07 Å². The van der Waals surface area contributed by atoms with Gasteiger partial charge in [0.2, 0.25) is 15.9 Å². The first kappa shape index (κ1) is 18.9. The Kier molecular flexibility index (Phi) is 5.50. The Morgan fingerprint density at radius 1 is 1.19 bits per heavy atom. The number of benzene rings is 1. The number of fused-ring (bicyclic) bond motifs is 2. The second-order valence-corrected chi connectivity index (χ2v) is 9.71. The predicted molar refractivity (Wildman–Crippen MR) is 102 cm³/mol. The molecule has 2 unspecified atom stereocenters. The third kappa shape index (κ3) is 4.34. The number of ether oxygens (including phenoxy) is 1. The fraction of sp³-hybridized carbons (Fsp3) is 0.632. The summed E-state index contributed by atoms with van der Waals surface area (Å²) in [5, 5.41) is 6.47. The second kappa shape index (κ2) is 7.87. The molecule has 27 heavy (non-hydrogen) atoms. The molecule has 3 aliphatic rings. The monoisotopic (exact) mass is 393 g/mol. The van der Waals surface area contributed by atoms with Crippen LogP contribution < -0.4 is 10.6 Å². The van der Waals surface area contributed by atoms with Gasteiger partial charge in [-0.05, 0) is 49.8 Å². The van der Waals surface area contributed by atoms with E-state index in [4.69, 9.17) is 4.74 Å². The maximum Gasteiger partial charge on any atom is 0.243 e. The van der Waals surface area contributed by atoms with E-state index in [0.29, 0.717) is 56.4 Å². The van der Waals surface area contributed by atoms with Gasteiger partial charge in [0.05, 0.1) is 18.1 Å². The van der Waals surface area contributed by atoms with Gasteiger partial charge in [-0.25, -0.2) is 8.42 Å². The average Bonchev–Trinajstić information content (AvgIpc) is 3.01. The van der Waals surface area contributed by atoms with Crippen molar-refractivity contribution in [1.82, 2.24) is 9.62 Å². The van der Waals surface area contributed by atoms with E-state index in [-0.39, 0.29) is 10.8 Å². The van der Waals surface area contributed by atoms with Crippen LogP contribution in [0.25, 0.3) is 0 Å². The van der Waals surface area contributed by atoms with E-state index >= 15 is 0 Å². The molecule has 0 radical (unpaired) electrons. The van der Waals surface area contributed by atoms with Gasteiger partial charge in [-0.2, -0.15) is 4.31 Å². The van der Waals surface area contributed by atoms with Crippen LogP contribution in [-0.2, 0) is 19.6 Å². The highest BCUT2D eigenvalue weighted by molar-refractivity contribution is 7.89. The molecule has 0 spiro atoms. The van der Waals surface area contributed by atoms with Gasteiger partial charge in [0.1, 0.15) is 0 Å². The molecular weight excluding hydrogens is 366 g/mol. The fourth-order valence-electron chi connectivity index (χ4n) is 4.49. The molecule has 2 N–H and O–H groups in total. The van der Waals surface area contributed by atoms with Gasteiger partial charge in [0, 0.05) is 37.3 Å². The third-order valence-corrected chi connectivity index (χ3v) is 7.67. The Balaban J connectivity index is 1.39. The van der Waals surface area contributed by atoms with Gasteiger partial charge >= 0.3 is 0 Å². The topological polar surface area (TPSA) is 87.7 Å². The lowest BCUT2D eigenvalue weighted by Crippen LogP contribution is -2.40. The quantitative estimate of drug-likeness (QED) is 0.793. The number of sulfonamides is 1. The van der Waals surface area contributed by atoms with Crippen LogP contribution in [0.4, 0.5) is 5.69 Å². The number of carbonyl (C=O) groups is 1. The highest BCUT2D eigenvalue weighted by atomic mass is 32.2. The number of amides is 1. The largest absolute Gasteiger partial charge is 0.379 e. The van der Waals surface area contributed by atoms with E-state index in [1.807, 2.05) is 0 Å². The van der Waals surface area contributed by atoms with E-state index in [1.165, 1.54) is 17.1 Å². The number of morpholine rings is 1. The van der Waals surface area contributed by atoms with Crippen LogP contribution in [-0.4, -0.2) is 57.0 Å². The standard InChI is InChI=1S/C19H27N3O4S/c23-19(12-14-10-16-4-5-17(11-14)20-16)21-15-2-1-3-18(13-15)27(24,25)22-6-8-26-9-7-22/h1-3,13-14,16-17,20H,4-12H2,(H,21,23). The van der Waals surface area contributed by atoms with E-state index in [2.05, 4.69) is 10.6 Å². The zero-order chi connectivity index (χ0) is 18.9. The van der Waals surface area contributed by atoms with E-state index < -0.39 is 10.0 Å². The van der Waals surface area contributed by atoms with Crippen molar-refractivity contribution >= 4 is 21.6 Å². The Morgan fingerprint density at radius 2 is 1.89 bits per heavy atom. The summed E-state index contributed by atoms with van der Waals surface area (Å²) >= 11 is 0. The molecule has 3 heterocycles. The van der Waals surface area contributed by atoms with Crippen molar-refractivity contribution in [2.45, 2.75) is 49.1 Å². The number of hydrogen-bond donors (Lipinski definition) is 2. The molecule has 3 saturated heterocycles.